The van der Waals surface area contributed by atoms with Crippen molar-refractivity contribution in [3.8, 4) is 11.1 Å². The summed E-state index contributed by atoms with van der Waals surface area (Å²) in [4.78, 5) is 37.3. The topological polar surface area (TPSA) is 63.7 Å². The number of rotatable bonds is 5. The SMILES string of the molecule is COC(=O)/C=C1/SCC(=O)N1CC(=O)c1ccc(-c2ccccc2)cc1. The molecule has 0 N–H and O–H groups in total. The van der Waals surface area contributed by atoms with Gasteiger partial charge in [0.15, 0.2) is 5.78 Å². The average Bonchev–Trinajstić information content (AvgIpc) is 3.02. The van der Waals surface area contributed by atoms with Gasteiger partial charge in [-0.25, -0.2) is 4.79 Å². The molecule has 0 aromatic heterocycles. The van der Waals surface area contributed by atoms with Gasteiger partial charge in [0.1, 0.15) is 0 Å². The number of ketones is 1. The smallest absolute Gasteiger partial charge is 0.333 e. The second-order valence-corrected chi connectivity index (χ2v) is 6.64. The number of methoxy groups -OCH3 is 1. The molecule has 1 saturated heterocycles. The van der Waals surface area contributed by atoms with Crippen LogP contribution in [-0.4, -0.2) is 42.0 Å². The lowest BCUT2D eigenvalue weighted by atomic mass is 10.0. The first kappa shape index (κ1) is 17.9. The molecule has 1 heterocycles. The van der Waals surface area contributed by atoms with Crippen molar-refractivity contribution in [2.24, 2.45) is 0 Å². The molecular formula is C20H17NO4S. The molecule has 1 amide bonds. The Morgan fingerprint density at radius 2 is 1.73 bits per heavy atom. The molecule has 0 unspecified atom stereocenters. The Balaban J connectivity index is 1.74. The molecule has 0 spiro atoms. The van der Waals surface area contributed by atoms with E-state index in [0.29, 0.717) is 10.6 Å². The van der Waals surface area contributed by atoms with Crippen LogP contribution in [0.1, 0.15) is 10.4 Å². The molecule has 0 bridgehead atoms. The van der Waals surface area contributed by atoms with Crippen LogP contribution in [0.25, 0.3) is 11.1 Å². The van der Waals surface area contributed by atoms with Gasteiger partial charge in [0.2, 0.25) is 5.91 Å². The zero-order valence-corrected chi connectivity index (χ0v) is 15.0. The minimum Gasteiger partial charge on any atom is -0.466 e. The van der Waals surface area contributed by atoms with Gasteiger partial charge in [0.05, 0.1) is 30.5 Å². The first-order chi connectivity index (χ1) is 12.6. The zero-order valence-electron chi connectivity index (χ0n) is 14.2. The van der Waals surface area contributed by atoms with Crippen LogP contribution in [0, 0.1) is 0 Å². The minimum atomic E-state index is -0.549. The van der Waals surface area contributed by atoms with E-state index >= 15 is 0 Å². The molecule has 0 atom stereocenters. The third-order valence-corrected chi connectivity index (χ3v) is 4.99. The lowest BCUT2D eigenvalue weighted by Gasteiger charge is -2.16. The monoisotopic (exact) mass is 367 g/mol. The second-order valence-electron chi connectivity index (χ2n) is 5.64. The van der Waals surface area contributed by atoms with Gasteiger partial charge < -0.3 is 4.74 Å². The van der Waals surface area contributed by atoms with E-state index in [4.69, 9.17) is 0 Å². The summed E-state index contributed by atoms with van der Waals surface area (Å²) >= 11 is 1.22. The molecule has 0 radical (unpaired) electrons. The van der Waals surface area contributed by atoms with Gasteiger partial charge in [-0.2, -0.15) is 0 Å². The fraction of sp³-hybridized carbons (Fsp3) is 0.150. The van der Waals surface area contributed by atoms with Gasteiger partial charge in [-0.15, -0.1) is 0 Å². The fourth-order valence-electron chi connectivity index (χ4n) is 2.57. The number of hydrogen-bond donors (Lipinski definition) is 0. The molecule has 0 aliphatic carbocycles. The first-order valence-electron chi connectivity index (χ1n) is 8.00. The molecular weight excluding hydrogens is 350 g/mol. The number of carbonyl (C=O) groups is 3. The third kappa shape index (κ3) is 4.03. The number of thioether (sulfide) groups is 1. The fourth-order valence-corrected chi connectivity index (χ4v) is 3.50. The Hall–Kier alpha value is -2.86. The number of nitrogens with zero attached hydrogens (tertiary/aromatic N) is 1. The highest BCUT2D eigenvalue weighted by atomic mass is 32.2. The van der Waals surface area contributed by atoms with Gasteiger partial charge in [0.25, 0.3) is 0 Å². The summed E-state index contributed by atoms with van der Waals surface area (Å²) in [5, 5.41) is 0.441. The molecule has 6 heteroatoms. The maximum absolute atomic E-state index is 12.5. The zero-order chi connectivity index (χ0) is 18.5. The van der Waals surface area contributed by atoms with Crippen LogP contribution in [0.15, 0.2) is 65.7 Å². The van der Waals surface area contributed by atoms with Crippen molar-refractivity contribution < 1.29 is 19.1 Å². The van der Waals surface area contributed by atoms with E-state index in [1.807, 2.05) is 42.5 Å². The van der Waals surface area contributed by atoms with E-state index in [2.05, 4.69) is 4.74 Å². The summed E-state index contributed by atoms with van der Waals surface area (Å²) < 4.78 is 4.59. The van der Waals surface area contributed by atoms with Gasteiger partial charge in [0, 0.05) is 5.56 Å². The molecule has 1 fully saturated rings. The van der Waals surface area contributed by atoms with Crippen molar-refractivity contribution in [1.29, 1.82) is 0 Å². The Morgan fingerprint density at radius 3 is 2.38 bits per heavy atom. The molecule has 5 nitrogen and oxygen atoms in total. The van der Waals surface area contributed by atoms with Crippen molar-refractivity contribution in [2.45, 2.75) is 0 Å². The number of Topliss-reactive ketones (excluding diaryl/α,β-unsaturated/α-hetero) is 1. The van der Waals surface area contributed by atoms with Crippen LogP contribution in [0.3, 0.4) is 0 Å². The average molecular weight is 367 g/mol. The van der Waals surface area contributed by atoms with E-state index in [9.17, 15) is 14.4 Å². The van der Waals surface area contributed by atoms with Crippen LogP contribution in [0.4, 0.5) is 0 Å². The Labute approximate surface area is 155 Å². The number of ether oxygens (including phenoxy) is 1. The summed E-state index contributed by atoms with van der Waals surface area (Å²) in [5.41, 5.74) is 2.61. The van der Waals surface area contributed by atoms with E-state index < -0.39 is 5.97 Å². The highest BCUT2D eigenvalue weighted by Crippen LogP contribution is 2.29. The number of esters is 1. The highest BCUT2D eigenvalue weighted by Gasteiger charge is 2.29. The molecule has 1 aliphatic rings. The summed E-state index contributed by atoms with van der Waals surface area (Å²) in [6.07, 6.45) is 1.24. The maximum Gasteiger partial charge on any atom is 0.333 e. The molecule has 2 aromatic rings. The number of hydrogen-bond acceptors (Lipinski definition) is 5. The van der Waals surface area contributed by atoms with Crippen molar-refractivity contribution in [3.05, 3.63) is 71.3 Å². The normalized spacial score (nSPS) is 15.3. The van der Waals surface area contributed by atoms with Crippen molar-refractivity contribution >= 4 is 29.4 Å². The molecule has 132 valence electrons. The number of amides is 1. The predicted molar refractivity (Wildman–Crippen MR) is 100 cm³/mol. The largest absolute Gasteiger partial charge is 0.466 e. The lowest BCUT2D eigenvalue weighted by Crippen LogP contribution is -2.31. The molecule has 2 aromatic carbocycles. The Morgan fingerprint density at radius 1 is 1.08 bits per heavy atom. The van der Waals surface area contributed by atoms with Crippen molar-refractivity contribution in [3.63, 3.8) is 0 Å². The van der Waals surface area contributed by atoms with Crippen LogP contribution in [-0.2, 0) is 14.3 Å². The Bertz CT molecular complexity index is 859. The van der Waals surface area contributed by atoms with Gasteiger partial charge >= 0.3 is 5.97 Å². The summed E-state index contributed by atoms with van der Waals surface area (Å²) in [6.45, 7) is -0.0979. The number of carbonyl (C=O) groups excluding carboxylic acids is 3. The maximum atomic E-state index is 12.5. The quantitative estimate of drug-likeness (QED) is 0.462. The standard InChI is InChI=1S/C20H17NO4S/c1-25-20(24)11-19-21(18(23)13-26-19)12-17(22)16-9-7-15(8-10-16)14-5-3-2-4-6-14/h2-11H,12-13H2,1H3/b19-11+. The summed E-state index contributed by atoms with van der Waals surface area (Å²) in [7, 11) is 1.27. The third-order valence-electron chi connectivity index (χ3n) is 3.97. The number of benzene rings is 2. The van der Waals surface area contributed by atoms with Crippen molar-refractivity contribution in [1.82, 2.24) is 4.90 Å². The van der Waals surface area contributed by atoms with Crippen molar-refractivity contribution in [2.75, 3.05) is 19.4 Å². The lowest BCUT2D eigenvalue weighted by molar-refractivity contribution is -0.134. The van der Waals surface area contributed by atoms with E-state index in [1.165, 1.54) is 29.8 Å². The van der Waals surface area contributed by atoms with Gasteiger partial charge in [-0.3, -0.25) is 14.5 Å². The van der Waals surface area contributed by atoms with Crippen LogP contribution in [0.5, 0.6) is 0 Å². The highest BCUT2D eigenvalue weighted by molar-refractivity contribution is 8.04. The van der Waals surface area contributed by atoms with Gasteiger partial charge in [-0.05, 0) is 11.1 Å². The molecule has 3 rings (SSSR count). The minimum absolute atomic E-state index is 0.0979. The van der Waals surface area contributed by atoms with Crippen LogP contribution < -0.4 is 0 Å². The molecule has 26 heavy (non-hydrogen) atoms. The summed E-state index contributed by atoms with van der Waals surface area (Å²) in [5.74, 6) is -0.717. The van der Waals surface area contributed by atoms with E-state index in [1.54, 1.807) is 12.1 Å². The first-order valence-corrected chi connectivity index (χ1v) is 8.98. The van der Waals surface area contributed by atoms with Gasteiger partial charge in [-0.1, -0.05) is 66.4 Å². The van der Waals surface area contributed by atoms with E-state index in [0.717, 1.165) is 11.1 Å². The van der Waals surface area contributed by atoms with Crippen LogP contribution >= 0.6 is 11.8 Å². The van der Waals surface area contributed by atoms with Crippen LogP contribution in [0.2, 0.25) is 0 Å². The second kappa shape index (κ2) is 8.01. The summed E-state index contributed by atoms with van der Waals surface area (Å²) in [6, 6.07) is 17.1. The predicted octanol–water partition coefficient (Wildman–Crippen LogP) is 3.13. The Kier molecular flexibility index (Phi) is 5.53. The molecule has 0 saturated carbocycles. The molecule has 1 aliphatic heterocycles. The van der Waals surface area contributed by atoms with E-state index in [-0.39, 0.29) is 24.0 Å².